The number of hydrogen-bond donors (Lipinski definition) is 2. The second-order valence-electron chi connectivity index (χ2n) is 4.49. The Bertz CT molecular complexity index is 758. The maximum Gasteiger partial charge on any atom is 0.211 e. The molecule has 0 fully saturated rings. The Morgan fingerprint density at radius 3 is 2.52 bits per heavy atom. The molecule has 0 unspecified atom stereocenters. The minimum Gasteiger partial charge on any atom is -0.488 e. The number of rotatable bonds is 5. The van der Waals surface area contributed by atoms with Crippen LogP contribution in [0.1, 0.15) is 11.1 Å². The molecule has 0 aliphatic rings. The molecule has 0 saturated carbocycles. The first kappa shape index (κ1) is 16.3. The number of benzene rings is 2. The first-order chi connectivity index (χ1) is 11.0. The van der Waals surface area contributed by atoms with E-state index in [1.165, 1.54) is 24.4 Å². The van der Waals surface area contributed by atoms with E-state index in [2.05, 4.69) is 10.2 Å². The molecular weight excluding hydrogens is 309 g/mol. The van der Waals surface area contributed by atoms with Crippen LogP contribution in [0.5, 0.6) is 5.75 Å². The summed E-state index contributed by atoms with van der Waals surface area (Å²) in [6, 6.07) is 7.12. The van der Waals surface area contributed by atoms with Crippen LogP contribution in [-0.4, -0.2) is 12.2 Å². The number of halogens is 3. The fraction of sp³-hybridized carbons (Fsp3) is 0.0667. The van der Waals surface area contributed by atoms with Crippen molar-refractivity contribution in [1.29, 1.82) is 0 Å². The van der Waals surface area contributed by atoms with Crippen molar-refractivity contribution < 1.29 is 17.9 Å². The zero-order chi connectivity index (χ0) is 16.8. The van der Waals surface area contributed by atoms with E-state index in [1.807, 2.05) is 0 Å². The van der Waals surface area contributed by atoms with Gasteiger partial charge in [-0.1, -0.05) is 6.07 Å². The molecule has 120 valence electrons. The average Bonchev–Trinajstić information content (AvgIpc) is 2.50. The molecule has 2 aromatic carbocycles. The highest BCUT2D eigenvalue weighted by atomic mass is 19.2. The van der Waals surface area contributed by atoms with Gasteiger partial charge in [-0.05, 0) is 29.8 Å². The molecule has 5 nitrogen and oxygen atoms in total. The van der Waals surface area contributed by atoms with Crippen molar-refractivity contribution in [3.8, 4) is 5.75 Å². The predicted octanol–water partition coefficient (Wildman–Crippen LogP) is 2.29. The second kappa shape index (κ2) is 7.30. The normalized spacial score (nSPS) is 10.7. The summed E-state index contributed by atoms with van der Waals surface area (Å²) in [5.74, 6) is -2.54. The number of nitrogens with two attached hydrogens (primary N) is 2. The van der Waals surface area contributed by atoms with Crippen molar-refractivity contribution in [3.05, 3.63) is 65.0 Å². The van der Waals surface area contributed by atoms with Gasteiger partial charge in [0.15, 0.2) is 11.6 Å². The molecule has 0 atom stereocenters. The zero-order valence-electron chi connectivity index (χ0n) is 11.8. The Kier molecular flexibility index (Phi) is 5.19. The van der Waals surface area contributed by atoms with Crippen molar-refractivity contribution in [2.45, 2.75) is 6.61 Å². The molecule has 0 bridgehead atoms. The van der Waals surface area contributed by atoms with E-state index in [9.17, 15) is 13.2 Å². The molecule has 0 aromatic heterocycles. The number of ether oxygens (including phenoxy) is 1. The Labute approximate surface area is 130 Å². The van der Waals surface area contributed by atoms with E-state index in [0.717, 1.165) is 18.2 Å². The fourth-order valence-corrected chi connectivity index (χ4v) is 1.69. The summed E-state index contributed by atoms with van der Waals surface area (Å²) in [4.78, 5) is 0. The predicted molar refractivity (Wildman–Crippen MR) is 80.5 cm³/mol. The summed E-state index contributed by atoms with van der Waals surface area (Å²) in [6.45, 7) is -0.0796. The first-order valence-electron chi connectivity index (χ1n) is 6.44. The monoisotopic (exact) mass is 322 g/mol. The lowest BCUT2D eigenvalue weighted by Crippen LogP contribution is -2.21. The van der Waals surface area contributed by atoms with Crippen LogP contribution < -0.4 is 16.2 Å². The van der Waals surface area contributed by atoms with Crippen LogP contribution >= 0.6 is 0 Å². The molecule has 0 amide bonds. The minimum absolute atomic E-state index is 0.0796. The van der Waals surface area contributed by atoms with Crippen LogP contribution in [0.15, 0.2) is 46.6 Å². The van der Waals surface area contributed by atoms with Gasteiger partial charge < -0.3 is 16.2 Å². The molecule has 0 heterocycles. The largest absolute Gasteiger partial charge is 0.488 e. The summed E-state index contributed by atoms with van der Waals surface area (Å²) in [5, 5.41) is 7.04. The molecule has 8 heteroatoms. The van der Waals surface area contributed by atoms with E-state index in [4.69, 9.17) is 16.2 Å². The topological polar surface area (TPSA) is 86.0 Å². The van der Waals surface area contributed by atoms with Crippen molar-refractivity contribution in [2.24, 2.45) is 21.7 Å². The molecule has 0 saturated heterocycles. The highest BCUT2D eigenvalue weighted by Gasteiger charge is 2.07. The quantitative estimate of drug-likeness (QED) is 0.503. The Morgan fingerprint density at radius 1 is 1.04 bits per heavy atom. The maximum atomic E-state index is 13.3. The van der Waals surface area contributed by atoms with Crippen LogP contribution in [0.3, 0.4) is 0 Å². The van der Waals surface area contributed by atoms with Gasteiger partial charge in [0, 0.05) is 11.6 Å². The Balaban J connectivity index is 2.17. The van der Waals surface area contributed by atoms with Crippen LogP contribution in [0, 0.1) is 17.5 Å². The lowest BCUT2D eigenvalue weighted by atomic mass is 10.2. The molecule has 2 rings (SSSR count). The van der Waals surface area contributed by atoms with Gasteiger partial charge in [-0.3, -0.25) is 0 Å². The summed E-state index contributed by atoms with van der Waals surface area (Å²) >= 11 is 0. The van der Waals surface area contributed by atoms with E-state index >= 15 is 0 Å². The highest BCUT2D eigenvalue weighted by Crippen LogP contribution is 2.20. The lowest BCUT2D eigenvalue weighted by molar-refractivity contribution is 0.303. The lowest BCUT2D eigenvalue weighted by Gasteiger charge is -2.09. The average molecular weight is 322 g/mol. The summed E-state index contributed by atoms with van der Waals surface area (Å²) < 4.78 is 44.8. The Hall–Kier alpha value is -3.03. The standard InChI is InChI=1S/C15H13F3N4O/c16-11-3-2-10(7-21-22-15(19)20)14(6-11)23-8-9-1-4-12(17)13(18)5-9/h1-7H,8H2,(H4,19,20,22). The van der Waals surface area contributed by atoms with Gasteiger partial charge in [0.05, 0.1) is 6.21 Å². The Morgan fingerprint density at radius 2 is 1.83 bits per heavy atom. The highest BCUT2D eigenvalue weighted by molar-refractivity contribution is 5.84. The van der Waals surface area contributed by atoms with E-state index in [1.54, 1.807) is 0 Å². The van der Waals surface area contributed by atoms with Crippen LogP contribution in [0.25, 0.3) is 0 Å². The van der Waals surface area contributed by atoms with E-state index in [-0.39, 0.29) is 18.3 Å². The third kappa shape index (κ3) is 4.73. The van der Waals surface area contributed by atoms with Crippen molar-refractivity contribution in [2.75, 3.05) is 0 Å². The third-order valence-electron chi connectivity index (χ3n) is 2.72. The number of hydrogen-bond acceptors (Lipinski definition) is 3. The van der Waals surface area contributed by atoms with Gasteiger partial charge in [0.2, 0.25) is 5.96 Å². The van der Waals surface area contributed by atoms with Crippen molar-refractivity contribution in [1.82, 2.24) is 0 Å². The molecule has 0 spiro atoms. The molecule has 2 aromatic rings. The smallest absolute Gasteiger partial charge is 0.211 e. The molecule has 0 aliphatic carbocycles. The van der Waals surface area contributed by atoms with Gasteiger partial charge in [-0.2, -0.15) is 5.10 Å². The minimum atomic E-state index is -0.986. The van der Waals surface area contributed by atoms with Crippen LogP contribution in [-0.2, 0) is 6.61 Å². The van der Waals surface area contributed by atoms with Crippen molar-refractivity contribution >= 4 is 12.2 Å². The number of guanidine groups is 1. The molecular formula is C15H13F3N4O. The van der Waals surface area contributed by atoms with Gasteiger partial charge in [0.1, 0.15) is 18.2 Å². The SMILES string of the molecule is NC(N)=NN=Cc1ccc(F)cc1OCc1ccc(F)c(F)c1. The molecule has 0 radical (unpaired) electrons. The van der Waals surface area contributed by atoms with Gasteiger partial charge >= 0.3 is 0 Å². The van der Waals surface area contributed by atoms with E-state index in [0.29, 0.717) is 11.1 Å². The zero-order valence-corrected chi connectivity index (χ0v) is 11.8. The fourth-order valence-electron chi connectivity index (χ4n) is 1.69. The number of nitrogens with zero attached hydrogens (tertiary/aromatic N) is 2. The van der Waals surface area contributed by atoms with Gasteiger partial charge in [-0.15, -0.1) is 5.10 Å². The van der Waals surface area contributed by atoms with Crippen molar-refractivity contribution in [3.63, 3.8) is 0 Å². The van der Waals surface area contributed by atoms with Crippen LogP contribution in [0.4, 0.5) is 13.2 Å². The molecule has 23 heavy (non-hydrogen) atoms. The molecule has 4 N–H and O–H groups in total. The summed E-state index contributed by atoms with van der Waals surface area (Å²) in [7, 11) is 0. The summed E-state index contributed by atoms with van der Waals surface area (Å²) in [6.07, 6.45) is 1.28. The molecule has 0 aliphatic heterocycles. The third-order valence-corrected chi connectivity index (χ3v) is 2.72. The van der Waals surface area contributed by atoms with Gasteiger partial charge in [0.25, 0.3) is 0 Å². The maximum absolute atomic E-state index is 13.3. The summed E-state index contributed by atoms with van der Waals surface area (Å²) in [5.41, 5.74) is 11.1. The first-order valence-corrected chi connectivity index (χ1v) is 6.44. The van der Waals surface area contributed by atoms with Crippen LogP contribution in [0.2, 0.25) is 0 Å². The van der Waals surface area contributed by atoms with Gasteiger partial charge in [-0.25, -0.2) is 13.2 Å². The van der Waals surface area contributed by atoms with E-state index < -0.39 is 17.5 Å². The second-order valence-corrected chi connectivity index (χ2v) is 4.49.